The summed E-state index contributed by atoms with van der Waals surface area (Å²) < 4.78 is 7.45. The van der Waals surface area contributed by atoms with Gasteiger partial charge in [-0.2, -0.15) is 5.10 Å². The van der Waals surface area contributed by atoms with Crippen LogP contribution in [0.1, 0.15) is 33.6 Å². The van der Waals surface area contributed by atoms with Crippen LogP contribution in [-0.4, -0.2) is 29.0 Å². The predicted molar refractivity (Wildman–Crippen MR) is 65.8 cm³/mol. The van der Waals surface area contributed by atoms with E-state index in [1.807, 2.05) is 10.9 Å². The van der Waals surface area contributed by atoms with Gasteiger partial charge in [-0.1, -0.05) is 13.8 Å². The monoisotopic (exact) mass is 225 g/mol. The lowest BCUT2D eigenvalue weighted by molar-refractivity contribution is 0.302. The predicted octanol–water partition coefficient (Wildman–Crippen LogP) is 2.06. The molecule has 0 saturated heterocycles. The van der Waals surface area contributed by atoms with Gasteiger partial charge in [-0.05, 0) is 19.8 Å². The number of aromatic nitrogens is 2. The number of aryl methyl sites for hydroxylation is 1. The average Bonchev–Trinajstić information content (AvgIpc) is 2.77. The Kier molecular flexibility index (Phi) is 5.93. The van der Waals surface area contributed by atoms with Crippen LogP contribution in [0.4, 0.5) is 0 Å². The number of hydrogen-bond donors (Lipinski definition) is 1. The molecule has 0 unspecified atom stereocenters. The molecule has 0 aliphatic rings. The number of ether oxygens (including phenoxy) is 1. The van der Waals surface area contributed by atoms with Crippen molar-refractivity contribution in [3.8, 4) is 5.75 Å². The van der Waals surface area contributed by atoms with Crippen molar-refractivity contribution in [2.24, 2.45) is 0 Å². The SMILES string of the molecule is CCC(CC)NCCOc1cnn(CC)c1. The molecule has 0 fully saturated rings. The molecule has 0 aliphatic heterocycles. The van der Waals surface area contributed by atoms with Gasteiger partial charge < -0.3 is 10.1 Å². The molecule has 4 heteroatoms. The third-order valence-corrected chi connectivity index (χ3v) is 2.72. The Morgan fingerprint density at radius 2 is 2.12 bits per heavy atom. The maximum atomic E-state index is 5.58. The van der Waals surface area contributed by atoms with Gasteiger partial charge in [-0.15, -0.1) is 0 Å². The summed E-state index contributed by atoms with van der Waals surface area (Å²) in [5.74, 6) is 0.855. The minimum Gasteiger partial charge on any atom is -0.489 e. The zero-order valence-corrected chi connectivity index (χ0v) is 10.6. The second-order valence-corrected chi connectivity index (χ2v) is 3.85. The molecule has 0 radical (unpaired) electrons. The van der Waals surface area contributed by atoms with Crippen molar-refractivity contribution in [1.82, 2.24) is 15.1 Å². The fourth-order valence-corrected chi connectivity index (χ4v) is 1.60. The van der Waals surface area contributed by atoms with Gasteiger partial charge in [-0.3, -0.25) is 4.68 Å². The summed E-state index contributed by atoms with van der Waals surface area (Å²) in [7, 11) is 0. The molecule has 0 amide bonds. The number of rotatable bonds is 8. The summed E-state index contributed by atoms with van der Waals surface area (Å²) in [4.78, 5) is 0. The van der Waals surface area contributed by atoms with Gasteiger partial charge in [0.05, 0.1) is 12.4 Å². The van der Waals surface area contributed by atoms with E-state index in [9.17, 15) is 0 Å². The molecule has 0 spiro atoms. The Bertz CT molecular complexity index is 282. The first-order valence-electron chi connectivity index (χ1n) is 6.18. The maximum Gasteiger partial charge on any atom is 0.157 e. The van der Waals surface area contributed by atoms with Crippen molar-refractivity contribution in [2.75, 3.05) is 13.2 Å². The minimum absolute atomic E-state index is 0.613. The maximum absolute atomic E-state index is 5.58. The zero-order chi connectivity index (χ0) is 11.8. The second-order valence-electron chi connectivity index (χ2n) is 3.85. The van der Waals surface area contributed by atoms with Gasteiger partial charge in [0.1, 0.15) is 6.61 Å². The average molecular weight is 225 g/mol. The van der Waals surface area contributed by atoms with Crippen molar-refractivity contribution in [2.45, 2.75) is 46.2 Å². The zero-order valence-electron chi connectivity index (χ0n) is 10.6. The standard InChI is InChI=1S/C12H23N3O/c1-4-11(5-2)13-7-8-16-12-9-14-15(6-3)10-12/h9-11,13H,4-8H2,1-3H3. The van der Waals surface area contributed by atoms with Gasteiger partial charge in [0, 0.05) is 19.1 Å². The van der Waals surface area contributed by atoms with Crippen LogP contribution < -0.4 is 10.1 Å². The summed E-state index contributed by atoms with van der Waals surface area (Å²) in [6.45, 7) is 8.94. The summed E-state index contributed by atoms with van der Waals surface area (Å²) in [6.07, 6.45) is 6.03. The van der Waals surface area contributed by atoms with E-state index >= 15 is 0 Å². The molecule has 0 saturated carbocycles. The van der Waals surface area contributed by atoms with Crippen molar-refractivity contribution in [1.29, 1.82) is 0 Å². The molecule has 1 rings (SSSR count). The first-order chi connectivity index (χ1) is 7.80. The van der Waals surface area contributed by atoms with Crippen LogP contribution in [0.5, 0.6) is 5.75 Å². The minimum atomic E-state index is 0.613. The molecule has 0 atom stereocenters. The normalized spacial score (nSPS) is 11.0. The van der Waals surface area contributed by atoms with Gasteiger partial charge >= 0.3 is 0 Å². The fourth-order valence-electron chi connectivity index (χ4n) is 1.60. The van der Waals surface area contributed by atoms with Crippen LogP contribution in [0.15, 0.2) is 12.4 Å². The molecular weight excluding hydrogens is 202 g/mol. The van der Waals surface area contributed by atoms with E-state index < -0.39 is 0 Å². The van der Waals surface area contributed by atoms with E-state index in [0.717, 1.165) is 18.8 Å². The number of nitrogens with zero attached hydrogens (tertiary/aromatic N) is 2. The molecule has 1 aromatic heterocycles. The topological polar surface area (TPSA) is 39.1 Å². The highest BCUT2D eigenvalue weighted by Gasteiger charge is 2.02. The fraction of sp³-hybridized carbons (Fsp3) is 0.750. The number of nitrogens with one attached hydrogen (secondary N) is 1. The van der Waals surface area contributed by atoms with Gasteiger partial charge in [0.15, 0.2) is 5.75 Å². The van der Waals surface area contributed by atoms with Crippen LogP contribution in [0, 0.1) is 0 Å². The second kappa shape index (κ2) is 7.28. The van der Waals surface area contributed by atoms with Crippen molar-refractivity contribution < 1.29 is 4.74 Å². The third kappa shape index (κ3) is 4.23. The Balaban J connectivity index is 2.15. The summed E-state index contributed by atoms with van der Waals surface area (Å²) in [5, 5.41) is 7.61. The van der Waals surface area contributed by atoms with E-state index in [1.54, 1.807) is 6.20 Å². The molecule has 16 heavy (non-hydrogen) atoms. The quantitative estimate of drug-likeness (QED) is 0.688. The van der Waals surface area contributed by atoms with Crippen LogP contribution in [0.25, 0.3) is 0 Å². The van der Waals surface area contributed by atoms with Crippen molar-refractivity contribution in [3.05, 3.63) is 12.4 Å². The third-order valence-electron chi connectivity index (χ3n) is 2.72. The first kappa shape index (κ1) is 13.0. The molecule has 0 aromatic carbocycles. The summed E-state index contributed by atoms with van der Waals surface area (Å²) in [5.41, 5.74) is 0. The van der Waals surface area contributed by atoms with Crippen molar-refractivity contribution >= 4 is 0 Å². The molecule has 92 valence electrons. The van der Waals surface area contributed by atoms with Gasteiger partial charge in [0.2, 0.25) is 0 Å². The lowest BCUT2D eigenvalue weighted by Crippen LogP contribution is -2.31. The van der Waals surface area contributed by atoms with E-state index in [4.69, 9.17) is 4.74 Å². The molecular formula is C12H23N3O. The lowest BCUT2D eigenvalue weighted by atomic mass is 10.2. The Morgan fingerprint density at radius 1 is 1.38 bits per heavy atom. The smallest absolute Gasteiger partial charge is 0.157 e. The molecule has 4 nitrogen and oxygen atoms in total. The largest absolute Gasteiger partial charge is 0.489 e. The van der Waals surface area contributed by atoms with E-state index in [2.05, 4.69) is 31.2 Å². The highest BCUT2D eigenvalue weighted by molar-refractivity contribution is 5.11. The lowest BCUT2D eigenvalue weighted by Gasteiger charge is -2.14. The molecule has 0 aliphatic carbocycles. The Labute approximate surface area is 98.0 Å². The molecule has 0 bridgehead atoms. The van der Waals surface area contributed by atoms with Crippen LogP contribution in [-0.2, 0) is 6.54 Å². The van der Waals surface area contributed by atoms with E-state index in [1.165, 1.54) is 12.8 Å². The van der Waals surface area contributed by atoms with Gasteiger partial charge in [-0.25, -0.2) is 0 Å². The number of hydrogen-bond acceptors (Lipinski definition) is 3. The summed E-state index contributed by atoms with van der Waals surface area (Å²) >= 11 is 0. The molecule has 1 aromatic rings. The Morgan fingerprint density at radius 3 is 2.69 bits per heavy atom. The van der Waals surface area contributed by atoms with Gasteiger partial charge in [0.25, 0.3) is 0 Å². The van der Waals surface area contributed by atoms with Crippen LogP contribution in [0.2, 0.25) is 0 Å². The van der Waals surface area contributed by atoms with Crippen molar-refractivity contribution in [3.63, 3.8) is 0 Å². The summed E-state index contributed by atoms with van der Waals surface area (Å²) in [6, 6.07) is 0.613. The van der Waals surface area contributed by atoms with Crippen LogP contribution in [0.3, 0.4) is 0 Å². The van der Waals surface area contributed by atoms with E-state index in [0.29, 0.717) is 12.6 Å². The van der Waals surface area contributed by atoms with Crippen LogP contribution >= 0.6 is 0 Å². The highest BCUT2D eigenvalue weighted by Crippen LogP contribution is 2.07. The molecule has 1 heterocycles. The van der Waals surface area contributed by atoms with E-state index in [-0.39, 0.29) is 0 Å². The first-order valence-corrected chi connectivity index (χ1v) is 6.18. The molecule has 1 N–H and O–H groups in total. The Hall–Kier alpha value is -1.03. The highest BCUT2D eigenvalue weighted by atomic mass is 16.5.